The van der Waals surface area contributed by atoms with Gasteiger partial charge in [0.25, 0.3) is 5.91 Å². The van der Waals surface area contributed by atoms with Gasteiger partial charge in [0.05, 0.1) is 29.6 Å². The number of fused-ring (bicyclic) bond motifs is 4. The summed E-state index contributed by atoms with van der Waals surface area (Å²) in [6, 6.07) is 7.29. The van der Waals surface area contributed by atoms with Crippen molar-refractivity contribution in [1.82, 2.24) is 14.9 Å². The van der Waals surface area contributed by atoms with E-state index in [4.69, 9.17) is 21.3 Å². The first kappa shape index (κ1) is 18.0. The van der Waals surface area contributed by atoms with Gasteiger partial charge < -0.3 is 9.64 Å². The zero-order valence-electron chi connectivity index (χ0n) is 15.5. The van der Waals surface area contributed by atoms with Crippen LogP contribution in [-0.4, -0.2) is 40.5 Å². The van der Waals surface area contributed by atoms with Crippen LogP contribution in [0.4, 0.5) is 0 Å². The molecule has 0 N–H and O–H groups in total. The van der Waals surface area contributed by atoms with Crippen molar-refractivity contribution < 1.29 is 9.53 Å². The van der Waals surface area contributed by atoms with Gasteiger partial charge in [-0.2, -0.15) is 0 Å². The van der Waals surface area contributed by atoms with Crippen LogP contribution >= 0.6 is 11.6 Å². The van der Waals surface area contributed by atoms with Crippen molar-refractivity contribution >= 4 is 23.1 Å². The molecule has 3 heterocycles. The van der Waals surface area contributed by atoms with Crippen molar-refractivity contribution in [2.45, 2.75) is 38.1 Å². The fourth-order valence-electron chi connectivity index (χ4n) is 3.76. The lowest BCUT2D eigenvalue weighted by Gasteiger charge is -2.22. The first-order chi connectivity index (χ1) is 13.1. The number of pyridine rings is 2. The number of aromatic nitrogens is 2. The highest BCUT2D eigenvalue weighted by Gasteiger charge is 2.40. The molecule has 2 aliphatic rings. The summed E-state index contributed by atoms with van der Waals surface area (Å²) in [5.41, 5.74) is 3.32. The summed E-state index contributed by atoms with van der Waals surface area (Å²) >= 11 is 6.18. The number of ether oxygens (including phenoxy) is 1. The lowest BCUT2D eigenvalue weighted by molar-refractivity contribution is 0.0766. The topological polar surface area (TPSA) is 55.3 Å². The third kappa shape index (κ3) is 3.32. The molecule has 1 aliphatic carbocycles. The number of carbonyl (C=O) groups is 1. The number of rotatable bonds is 5. The second kappa shape index (κ2) is 7.31. The maximum Gasteiger partial charge on any atom is 0.255 e. The first-order valence-electron chi connectivity index (χ1n) is 9.33. The smallest absolute Gasteiger partial charge is 0.255 e. The van der Waals surface area contributed by atoms with Gasteiger partial charge in [-0.25, -0.2) is 4.98 Å². The molecule has 5 nitrogen and oxygen atoms in total. The standard InChI is InChI=1S/C21H22ClN3O2/c1-3-4-9-27-19-6-5-15-20(24-19)17-12-14(25(2)21(15)26)11-16(17)18-10-13(22)7-8-23-18/h5-8,10-11,14,17H,3-4,9,12H2,1-2H3. The number of amides is 1. The van der Waals surface area contributed by atoms with E-state index in [0.717, 1.165) is 36.2 Å². The van der Waals surface area contributed by atoms with Crippen molar-refractivity contribution in [1.29, 1.82) is 0 Å². The van der Waals surface area contributed by atoms with Crippen molar-refractivity contribution in [3.63, 3.8) is 0 Å². The molecule has 0 saturated carbocycles. The van der Waals surface area contributed by atoms with Gasteiger partial charge >= 0.3 is 0 Å². The van der Waals surface area contributed by atoms with E-state index in [9.17, 15) is 4.79 Å². The minimum absolute atomic E-state index is 0.000378. The Morgan fingerprint density at radius 2 is 2.19 bits per heavy atom. The van der Waals surface area contributed by atoms with Crippen LogP contribution in [0.15, 0.2) is 36.5 Å². The quantitative estimate of drug-likeness (QED) is 0.721. The van der Waals surface area contributed by atoms with Crippen LogP contribution in [0.5, 0.6) is 5.88 Å². The average molecular weight is 384 g/mol. The van der Waals surface area contributed by atoms with Gasteiger partial charge in [0.1, 0.15) is 0 Å². The molecule has 2 atom stereocenters. The van der Waals surface area contributed by atoms with E-state index in [-0.39, 0.29) is 17.9 Å². The Balaban J connectivity index is 1.77. The summed E-state index contributed by atoms with van der Waals surface area (Å²) in [4.78, 5) is 23.9. The van der Waals surface area contributed by atoms with Crippen molar-refractivity contribution in [2.75, 3.05) is 13.7 Å². The van der Waals surface area contributed by atoms with Gasteiger partial charge in [0.2, 0.25) is 5.88 Å². The van der Waals surface area contributed by atoms with Crippen LogP contribution in [0.1, 0.15) is 53.8 Å². The van der Waals surface area contributed by atoms with E-state index in [1.54, 1.807) is 23.2 Å². The summed E-state index contributed by atoms with van der Waals surface area (Å²) in [5, 5.41) is 0.648. The van der Waals surface area contributed by atoms with Crippen LogP contribution in [0.2, 0.25) is 5.02 Å². The molecular formula is C21H22ClN3O2. The van der Waals surface area contributed by atoms with Crippen LogP contribution < -0.4 is 4.74 Å². The Bertz CT molecular complexity index is 912. The molecule has 2 unspecified atom stereocenters. The highest BCUT2D eigenvalue weighted by atomic mass is 35.5. The number of hydrogen-bond donors (Lipinski definition) is 0. The molecule has 0 spiro atoms. The van der Waals surface area contributed by atoms with Gasteiger partial charge in [0.15, 0.2) is 0 Å². The molecule has 1 aliphatic heterocycles. The predicted molar refractivity (Wildman–Crippen MR) is 105 cm³/mol. The highest BCUT2D eigenvalue weighted by molar-refractivity contribution is 6.30. The van der Waals surface area contributed by atoms with Crippen molar-refractivity contribution in [3.05, 3.63) is 58.5 Å². The predicted octanol–water partition coefficient (Wildman–Crippen LogP) is 4.33. The van der Waals surface area contributed by atoms with E-state index < -0.39 is 0 Å². The fraction of sp³-hybridized carbons (Fsp3) is 0.381. The van der Waals surface area contributed by atoms with Gasteiger partial charge in [-0.15, -0.1) is 0 Å². The zero-order chi connectivity index (χ0) is 19.0. The highest BCUT2D eigenvalue weighted by Crippen LogP contribution is 2.45. The minimum Gasteiger partial charge on any atom is -0.478 e. The first-order valence-corrected chi connectivity index (χ1v) is 9.70. The van der Waals surface area contributed by atoms with Crippen LogP contribution in [0.25, 0.3) is 5.57 Å². The van der Waals surface area contributed by atoms with Crippen LogP contribution in [0, 0.1) is 0 Å². The molecule has 0 aromatic carbocycles. The number of likely N-dealkylation sites (N-methyl/N-ethyl adjacent to an activating group) is 1. The lowest BCUT2D eigenvalue weighted by Crippen LogP contribution is -2.33. The molecule has 0 radical (unpaired) electrons. The number of nitrogens with zero attached hydrogens (tertiary/aromatic N) is 3. The SMILES string of the molecule is CCCCOc1ccc2c(n1)C1CC(C=C1c1cc(Cl)ccn1)N(C)C2=O. The maximum atomic E-state index is 12.9. The van der Waals surface area contributed by atoms with E-state index in [0.29, 0.717) is 23.1 Å². The maximum absolute atomic E-state index is 12.9. The number of unbranched alkanes of at least 4 members (excludes halogenated alkanes) is 1. The van der Waals surface area contributed by atoms with E-state index in [1.807, 2.05) is 19.2 Å². The molecule has 0 saturated heterocycles. The number of allylic oxidation sites excluding steroid dienone is 1. The summed E-state index contributed by atoms with van der Waals surface area (Å²) in [7, 11) is 1.84. The number of hydrogen-bond acceptors (Lipinski definition) is 4. The van der Waals surface area contributed by atoms with Gasteiger partial charge in [0, 0.05) is 30.3 Å². The molecule has 2 aromatic rings. The van der Waals surface area contributed by atoms with Crippen molar-refractivity contribution in [3.8, 4) is 5.88 Å². The number of halogens is 1. The van der Waals surface area contributed by atoms with E-state index in [1.165, 1.54) is 0 Å². The molecule has 0 fully saturated rings. The average Bonchev–Trinajstić information content (AvgIpc) is 3.08. The third-order valence-electron chi connectivity index (χ3n) is 5.27. The Kier molecular flexibility index (Phi) is 4.87. The lowest BCUT2D eigenvalue weighted by atomic mass is 9.92. The molecule has 27 heavy (non-hydrogen) atoms. The Morgan fingerprint density at radius 1 is 1.33 bits per heavy atom. The number of carbonyl (C=O) groups excluding carboxylic acids is 1. The molecule has 1 amide bonds. The Morgan fingerprint density at radius 3 is 2.96 bits per heavy atom. The van der Waals surface area contributed by atoms with Crippen LogP contribution in [0.3, 0.4) is 0 Å². The van der Waals surface area contributed by atoms with Gasteiger partial charge in [-0.05, 0) is 36.6 Å². The molecule has 6 heteroatoms. The zero-order valence-corrected chi connectivity index (χ0v) is 16.2. The molecule has 140 valence electrons. The normalized spacial score (nSPS) is 20.9. The summed E-state index contributed by atoms with van der Waals surface area (Å²) < 4.78 is 5.79. The molecule has 2 aromatic heterocycles. The second-order valence-corrected chi connectivity index (χ2v) is 7.47. The van der Waals surface area contributed by atoms with Crippen molar-refractivity contribution in [2.24, 2.45) is 0 Å². The second-order valence-electron chi connectivity index (χ2n) is 7.04. The third-order valence-corrected chi connectivity index (χ3v) is 5.50. The fourth-order valence-corrected chi connectivity index (χ4v) is 3.92. The van der Waals surface area contributed by atoms with Gasteiger partial charge in [-0.3, -0.25) is 9.78 Å². The monoisotopic (exact) mass is 383 g/mol. The van der Waals surface area contributed by atoms with E-state index >= 15 is 0 Å². The van der Waals surface area contributed by atoms with Crippen LogP contribution in [-0.2, 0) is 0 Å². The largest absolute Gasteiger partial charge is 0.478 e. The molecule has 4 rings (SSSR count). The van der Waals surface area contributed by atoms with E-state index in [2.05, 4.69) is 18.0 Å². The van der Waals surface area contributed by atoms with Gasteiger partial charge in [-0.1, -0.05) is 31.0 Å². The molecular weight excluding hydrogens is 362 g/mol. The summed E-state index contributed by atoms with van der Waals surface area (Å²) in [5.74, 6) is 0.570. The summed E-state index contributed by atoms with van der Waals surface area (Å²) in [6.07, 6.45) is 6.66. The minimum atomic E-state index is -0.000499. The summed E-state index contributed by atoms with van der Waals surface area (Å²) in [6.45, 7) is 2.75. The molecule has 2 bridgehead atoms. The Labute approximate surface area is 164 Å². The Hall–Kier alpha value is -2.40.